The average Bonchev–Trinajstić information content (AvgIpc) is 2.27. The zero-order chi connectivity index (χ0) is 12.7. The number of aryl methyl sites for hydroxylation is 1. The van der Waals surface area contributed by atoms with Gasteiger partial charge >= 0.3 is 0 Å². The Morgan fingerprint density at radius 2 is 1.82 bits per heavy atom. The maximum Gasteiger partial charge on any atom is 0.218 e. The van der Waals surface area contributed by atoms with Crippen LogP contribution in [-0.2, 0) is 17.6 Å². The van der Waals surface area contributed by atoms with Crippen molar-refractivity contribution in [3.63, 3.8) is 0 Å². The van der Waals surface area contributed by atoms with E-state index in [1.807, 2.05) is 0 Å². The second kappa shape index (κ2) is 7.07. The predicted molar refractivity (Wildman–Crippen MR) is 70.5 cm³/mol. The van der Waals surface area contributed by atoms with E-state index >= 15 is 0 Å². The fraction of sp³-hybridized carbons (Fsp3) is 0.500. The van der Waals surface area contributed by atoms with Gasteiger partial charge in [-0.1, -0.05) is 37.6 Å². The van der Waals surface area contributed by atoms with Crippen molar-refractivity contribution >= 4 is 5.91 Å². The van der Waals surface area contributed by atoms with Crippen molar-refractivity contribution in [3.8, 4) is 0 Å². The van der Waals surface area contributed by atoms with Crippen molar-refractivity contribution in [1.82, 2.24) is 0 Å². The highest BCUT2D eigenvalue weighted by Gasteiger charge is 2.07. The van der Waals surface area contributed by atoms with Crippen molar-refractivity contribution < 1.29 is 4.79 Å². The first-order valence-corrected chi connectivity index (χ1v) is 6.23. The first-order chi connectivity index (χ1) is 8.11. The van der Waals surface area contributed by atoms with Crippen LogP contribution in [0, 0.1) is 0 Å². The Hall–Kier alpha value is -1.35. The number of rotatable bonds is 7. The molecule has 0 aliphatic rings. The quantitative estimate of drug-likeness (QED) is 0.755. The van der Waals surface area contributed by atoms with Crippen LogP contribution < -0.4 is 11.5 Å². The number of hydrogen-bond donors (Lipinski definition) is 2. The van der Waals surface area contributed by atoms with Gasteiger partial charge in [-0.2, -0.15) is 0 Å². The minimum atomic E-state index is -0.336. The number of amides is 1. The van der Waals surface area contributed by atoms with Gasteiger partial charge in [0.05, 0.1) is 0 Å². The summed E-state index contributed by atoms with van der Waals surface area (Å²) in [6.07, 6.45) is 4.52. The van der Waals surface area contributed by atoms with Crippen LogP contribution in [0.2, 0.25) is 0 Å². The molecule has 0 spiro atoms. The van der Waals surface area contributed by atoms with Gasteiger partial charge in [-0.05, 0) is 30.4 Å². The second-order valence-corrected chi connectivity index (χ2v) is 4.55. The molecule has 4 N–H and O–H groups in total. The summed E-state index contributed by atoms with van der Waals surface area (Å²) in [4.78, 5) is 10.7. The van der Waals surface area contributed by atoms with Crippen molar-refractivity contribution in [3.05, 3.63) is 35.4 Å². The van der Waals surface area contributed by atoms with Crippen molar-refractivity contribution in [2.45, 2.75) is 45.1 Å². The molecule has 0 unspecified atom stereocenters. The summed E-state index contributed by atoms with van der Waals surface area (Å²) in [5.41, 5.74) is 13.5. The standard InChI is InChI=1S/C14H22N2O/c1-2-3-4-11-5-7-12(8-6-11)9-13(15)10-14(16)17/h5-8,13H,2-4,9-10,15H2,1H3,(H2,16,17)/t13-/m0/s1. The van der Waals surface area contributed by atoms with Crippen molar-refractivity contribution in [2.75, 3.05) is 0 Å². The molecule has 1 rings (SSSR count). The Bertz CT molecular complexity index is 346. The molecule has 0 bridgehead atoms. The summed E-state index contributed by atoms with van der Waals surface area (Å²) >= 11 is 0. The molecule has 0 saturated heterocycles. The molecule has 0 saturated carbocycles. The average molecular weight is 234 g/mol. The third-order valence-corrected chi connectivity index (χ3v) is 2.80. The van der Waals surface area contributed by atoms with E-state index in [0.29, 0.717) is 6.42 Å². The maximum absolute atomic E-state index is 10.7. The molecule has 0 aromatic heterocycles. The zero-order valence-corrected chi connectivity index (χ0v) is 10.5. The summed E-state index contributed by atoms with van der Waals surface area (Å²) in [7, 11) is 0. The zero-order valence-electron chi connectivity index (χ0n) is 10.5. The minimum absolute atomic E-state index is 0.172. The van der Waals surface area contributed by atoms with E-state index < -0.39 is 0 Å². The maximum atomic E-state index is 10.7. The summed E-state index contributed by atoms with van der Waals surface area (Å²) in [6, 6.07) is 8.29. The third kappa shape index (κ3) is 5.50. The van der Waals surface area contributed by atoms with Crippen molar-refractivity contribution in [1.29, 1.82) is 0 Å². The van der Waals surface area contributed by atoms with Gasteiger partial charge in [-0.25, -0.2) is 0 Å². The van der Waals surface area contributed by atoms with E-state index in [-0.39, 0.29) is 18.4 Å². The number of hydrogen-bond acceptors (Lipinski definition) is 2. The molecule has 17 heavy (non-hydrogen) atoms. The molecular formula is C14H22N2O. The topological polar surface area (TPSA) is 69.1 Å². The number of carbonyl (C=O) groups is 1. The largest absolute Gasteiger partial charge is 0.370 e. The summed E-state index contributed by atoms with van der Waals surface area (Å²) in [6.45, 7) is 2.19. The Morgan fingerprint density at radius 3 is 2.35 bits per heavy atom. The third-order valence-electron chi connectivity index (χ3n) is 2.80. The normalized spacial score (nSPS) is 12.4. The Balaban J connectivity index is 2.47. The van der Waals surface area contributed by atoms with Crippen molar-refractivity contribution in [2.24, 2.45) is 11.5 Å². The van der Waals surface area contributed by atoms with Gasteiger partial charge in [0.15, 0.2) is 0 Å². The van der Waals surface area contributed by atoms with E-state index in [1.165, 1.54) is 24.0 Å². The Labute approximate surface area is 103 Å². The number of primary amides is 1. The summed E-state index contributed by atoms with van der Waals surface area (Å²) in [5, 5.41) is 0. The molecule has 0 fully saturated rings. The molecular weight excluding hydrogens is 212 g/mol. The fourth-order valence-electron chi connectivity index (χ4n) is 1.86. The van der Waals surface area contributed by atoms with E-state index in [4.69, 9.17) is 11.5 Å². The van der Waals surface area contributed by atoms with E-state index in [0.717, 1.165) is 6.42 Å². The first-order valence-electron chi connectivity index (χ1n) is 6.23. The number of unbranched alkanes of at least 4 members (excludes halogenated alkanes) is 1. The lowest BCUT2D eigenvalue weighted by Crippen LogP contribution is -2.29. The van der Waals surface area contributed by atoms with Crippen LogP contribution in [0.25, 0.3) is 0 Å². The molecule has 0 aliphatic heterocycles. The predicted octanol–water partition coefficient (Wildman–Crippen LogP) is 1.77. The van der Waals surface area contributed by atoms with E-state index in [2.05, 4.69) is 31.2 Å². The van der Waals surface area contributed by atoms with Crippen LogP contribution >= 0.6 is 0 Å². The van der Waals surface area contributed by atoms with Crippen LogP contribution in [0.1, 0.15) is 37.3 Å². The number of nitrogens with two attached hydrogens (primary N) is 2. The molecule has 0 radical (unpaired) electrons. The van der Waals surface area contributed by atoms with E-state index in [9.17, 15) is 4.79 Å². The molecule has 0 aliphatic carbocycles. The lowest BCUT2D eigenvalue weighted by atomic mass is 10.0. The molecule has 1 amide bonds. The summed E-state index contributed by atoms with van der Waals surface area (Å²) < 4.78 is 0. The molecule has 1 atom stereocenters. The molecule has 0 heterocycles. The van der Waals surface area contributed by atoms with Crippen LogP contribution in [0.3, 0.4) is 0 Å². The number of benzene rings is 1. The smallest absolute Gasteiger partial charge is 0.218 e. The van der Waals surface area contributed by atoms with Crippen LogP contribution in [0.15, 0.2) is 24.3 Å². The molecule has 3 heteroatoms. The highest BCUT2D eigenvalue weighted by molar-refractivity contribution is 5.74. The highest BCUT2D eigenvalue weighted by Crippen LogP contribution is 2.10. The van der Waals surface area contributed by atoms with Gasteiger partial charge in [-0.3, -0.25) is 4.79 Å². The molecule has 1 aromatic carbocycles. The van der Waals surface area contributed by atoms with Gasteiger partial charge in [0.25, 0.3) is 0 Å². The first kappa shape index (κ1) is 13.7. The highest BCUT2D eigenvalue weighted by atomic mass is 16.1. The lowest BCUT2D eigenvalue weighted by molar-refractivity contribution is -0.118. The SMILES string of the molecule is CCCCc1ccc(C[C@H](N)CC(N)=O)cc1. The Morgan fingerprint density at radius 1 is 1.24 bits per heavy atom. The van der Waals surface area contributed by atoms with Gasteiger partial charge in [-0.15, -0.1) is 0 Å². The lowest BCUT2D eigenvalue weighted by Gasteiger charge is -2.09. The monoisotopic (exact) mass is 234 g/mol. The molecule has 94 valence electrons. The fourth-order valence-corrected chi connectivity index (χ4v) is 1.86. The van der Waals surface area contributed by atoms with Crippen LogP contribution in [-0.4, -0.2) is 11.9 Å². The minimum Gasteiger partial charge on any atom is -0.370 e. The van der Waals surface area contributed by atoms with Gasteiger partial charge < -0.3 is 11.5 Å². The Kier molecular flexibility index (Phi) is 5.70. The molecule has 1 aromatic rings. The summed E-state index contributed by atoms with van der Waals surface area (Å²) in [5.74, 6) is -0.336. The molecule has 3 nitrogen and oxygen atoms in total. The van der Waals surface area contributed by atoms with Gasteiger partial charge in [0.1, 0.15) is 0 Å². The van der Waals surface area contributed by atoms with Crippen LogP contribution in [0.4, 0.5) is 0 Å². The van der Waals surface area contributed by atoms with Gasteiger partial charge in [0, 0.05) is 12.5 Å². The number of carbonyl (C=O) groups excluding carboxylic acids is 1. The van der Waals surface area contributed by atoms with Gasteiger partial charge in [0.2, 0.25) is 5.91 Å². The van der Waals surface area contributed by atoms with E-state index in [1.54, 1.807) is 0 Å². The van der Waals surface area contributed by atoms with Crippen LogP contribution in [0.5, 0.6) is 0 Å². The second-order valence-electron chi connectivity index (χ2n) is 4.55.